The number of hydrogen-bond acceptors (Lipinski definition) is 4. The molecule has 5 rings (SSSR count). The first-order valence-electron chi connectivity index (χ1n) is 13.4. The highest BCUT2D eigenvalue weighted by atomic mass is 19.4. The number of imidazole rings is 1. The number of aromatic nitrogens is 2. The third-order valence-electron chi connectivity index (χ3n) is 7.17. The van der Waals surface area contributed by atoms with Crippen LogP contribution in [0.3, 0.4) is 0 Å². The van der Waals surface area contributed by atoms with Gasteiger partial charge in [-0.15, -0.1) is 0 Å². The summed E-state index contributed by atoms with van der Waals surface area (Å²) in [6.07, 6.45) is -10.1. The lowest BCUT2D eigenvalue weighted by atomic mass is 10.0. The Bertz CT molecular complexity index is 1830. The van der Waals surface area contributed by atoms with Crippen LogP contribution in [-0.2, 0) is 18.9 Å². The Balaban J connectivity index is 1.84. The van der Waals surface area contributed by atoms with E-state index >= 15 is 0 Å². The summed E-state index contributed by atoms with van der Waals surface area (Å²) >= 11 is 0. The van der Waals surface area contributed by atoms with Gasteiger partial charge in [0.1, 0.15) is 17.3 Å². The molecule has 4 aromatic carbocycles. The minimum Gasteiger partial charge on any atom is -0.497 e. The molecule has 6 nitrogen and oxygen atoms in total. The second-order valence-electron chi connectivity index (χ2n) is 9.99. The van der Waals surface area contributed by atoms with Gasteiger partial charge in [0, 0.05) is 28.8 Å². The molecule has 1 amide bonds. The number of benzene rings is 4. The van der Waals surface area contributed by atoms with Gasteiger partial charge < -0.3 is 19.8 Å². The van der Waals surface area contributed by atoms with E-state index in [-0.39, 0.29) is 29.7 Å². The van der Waals surface area contributed by atoms with Crippen molar-refractivity contribution in [3.05, 3.63) is 113 Å². The van der Waals surface area contributed by atoms with E-state index in [2.05, 4.69) is 4.98 Å². The second-order valence-corrected chi connectivity index (χ2v) is 9.99. The highest BCUT2D eigenvalue weighted by molar-refractivity contribution is 5.92. The Labute approximate surface area is 253 Å². The smallest absolute Gasteiger partial charge is 0.417 e. The third kappa shape index (κ3) is 6.49. The van der Waals surface area contributed by atoms with E-state index in [9.17, 15) is 31.1 Å². The standard InChI is InChI=1S/C33H25F6N3O3/c1-44-24-12-7-20(8-13-24)28-29(21-9-14-25(45-2)15-10-21)42(18-19-3-5-22(6-4-19)30(40)43)31(41-28)26-16-11-23(32(34,35)36)17-27(26)33(37,38)39/h3-17H,18H2,1-2H3,(H2,40,43). The summed E-state index contributed by atoms with van der Waals surface area (Å²) in [5.74, 6) is 0.179. The van der Waals surface area contributed by atoms with Gasteiger partial charge in [0.2, 0.25) is 5.91 Å². The molecule has 0 aliphatic carbocycles. The number of nitrogens with zero attached hydrogens (tertiary/aromatic N) is 2. The van der Waals surface area contributed by atoms with Crippen molar-refractivity contribution in [3.63, 3.8) is 0 Å². The van der Waals surface area contributed by atoms with Crippen LogP contribution < -0.4 is 15.2 Å². The molecule has 0 atom stereocenters. The summed E-state index contributed by atoms with van der Waals surface area (Å²) in [4.78, 5) is 16.3. The Morgan fingerprint density at radius 3 is 1.80 bits per heavy atom. The largest absolute Gasteiger partial charge is 0.497 e. The molecule has 5 aromatic rings. The number of carbonyl (C=O) groups excluding carboxylic acids is 1. The predicted octanol–water partition coefficient (Wildman–Crippen LogP) is 8.09. The van der Waals surface area contributed by atoms with Gasteiger partial charge in [-0.25, -0.2) is 4.98 Å². The summed E-state index contributed by atoms with van der Waals surface area (Å²) < 4.78 is 95.9. The fourth-order valence-electron chi connectivity index (χ4n) is 4.91. The van der Waals surface area contributed by atoms with E-state index in [4.69, 9.17) is 15.2 Å². The van der Waals surface area contributed by atoms with Crippen LogP contribution in [-0.4, -0.2) is 29.7 Å². The summed E-state index contributed by atoms with van der Waals surface area (Å²) in [6, 6.07) is 21.1. The molecule has 0 aliphatic heterocycles. The molecule has 0 bridgehead atoms. The van der Waals surface area contributed by atoms with Gasteiger partial charge >= 0.3 is 12.4 Å². The molecule has 0 saturated heterocycles. The number of ether oxygens (including phenoxy) is 2. The third-order valence-corrected chi connectivity index (χ3v) is 7.17. The van der Waals surface area contributed by atoms with Crippen LogP contribution in [0.2, 0.25) is 0 Å². The molecule has 45 heavy (non-hydrogen) atoms. The van der Waals surface area contributed by atoms with Crippen molar-refractivity contribution in [1.82, 2.24) is 9.55 Å². The minimum atomic E-state index is -5.14. The van der Waals surface area contributed by atoms with Gasteiger partial charge in [0.15, 0.2) is 0 Å². The first-order chi connectivity index (χ1) is 21.3. The normalized spacial score (nSPS) is 11.8. The van der Waals surface area contributed by atoms with Crippen LogP contribution in [0.5, 0.6) is 11.5 Å². The number of amides is 1. The molecular formula is C33H25F6N3O3. The Hall–Kier alpha value is -5.26. The highest BCUT2D eigenvalue weighted by Gasteiger charge is 2.39. The fourth-order valence-corrected chi connectivity index (χ4v) is 4.91. The van der Waals surface area contributed by atoms with Crippen molar-refractivity contribution in [2.24, 2.45) is 5.73 Å². The number of methoxy groups -OCH3 is 2. The van der Waals surface area contributed by atoms with Crippen molar-refractivity contribution >= 4 is 5.91 Å². The molecule has 0 radical (unpaired) electrons. The topological polar surface area (TPSA) is 79.4 Å². The SMILES string of the molecule is COc1ccc(-c2nc(-c3ccc(C(F)(F)F)cc3C(F)(F)F)n(Cc3ccc(C(N)=O)cc3)c2-c2ccc(OC)cc2)cc1. The van der Waals surface area contributed by atoms with Gasteiger partial charge in [-0.1, -0.05) is 18.2 Å². The molecule has 1 heterocycles. The lowest BCUT2D eigenvalue weighted by Gasteiger charge is -2.18. The number of primary amides is 1. The zero-order chi connectivity index (χ0) is 32.5. The van der Waals surface area contributed by atoms with Gasteiger partial charge in [-0.3, -0.25) is 4.79 Å². The van der Waals surface area contributed by atoms with Crippen LogP contribution >= 0.6 is 0 Å². The Morgan fingerprint density at radius 1 is 0.756 bits per heavy atom. The van der Waals surface area contributed by atoms with Gasteiger partial charge in [-0.05, 0) is 78.4 Å². The van der Waals surface area contributed by atoms with E-state index in [1.165, 1.54) is 30.9 Å². The van der Waals surface area contributed by atoms with Crippen LogP contribution in [0.1, 0.15) is 27.0 Å². The van der Waals surface area contributed by atoms with E-state index in [1.807, 2.05) is 0 Å². The van der Waals surface area contributed by atoms with Crippen molar-refractivity contribution in [1.29, 1.82) is 0 Å². The quantitative estimate of drug-likeness (QED) is 0.177. The van der Waals surface area contributed by atoms with Crippen molar-refractivity contribution in [3.8, 4) is 45.4 Å². The monoisotopic (exact) mass is 625 g/mol. The molecule has 0 unspecified atom stereocenters. The van der Waals surface area contributed by atoms with Gasteiger partial charge in [-0.2, -0.15) is 26.3 Å². The van der Waals surface area contributed by atoms with Crippen LogP contribution in [0, 0.1) is 0 Å². The Morgan fingerprint density at radius 2 is 1.31 bits per heavy atom. The van der Waals surface area contributed by atoms with Crippen molar-refractivity contribution in [2.75, 3.05) is 14.2 Å². The predicted molar refractivity (Wildman–Crippen MR) is 156 cm³/mol. The van der Waals surface area contributed by atoms with Crippen molar-refractivity contribution < 1.29 is 40.6 Å². The average molecular weight is 626 g/mol. The molecule has 12 heteroatoms. The maximum Gasteiger partial charge on any atom is 0.417 e. The molecule has 2 N–H and O–H groups in total. The number of rotatable bonds is 8. The maximum atomic E-state index is 14.4. The number of nitrogens with two attached hydrogens (primary N) is 1. The fraction of sp³-hybridized carbons (Fsp3) is 0.152. The lowest BCUT2D eigenvalue weighted by Crippen LogP contribution is -2.14. The average Bonchev–Trinajstić information content (AvgIpc) is 3.38. The summed E-state index contributed by atoms with van der Waals surface area (Å²) in [5, 5.41) is 0. The van der Waals surface area contributed by atoms with Crippen LogP contribution in [0.4, 0.5) is 26.3 Å². The summed E-state index contributed by atoms with van der Waals surface area (Å²) in [7, 11) is 2.97. The van der Waals surface area contributed by atoms with Gasteiger partial charge in [0.25, 0.3) is 0 Å². The van der Waals surface area contributed by atoms with E-state index in [0.717, 1.165) is 6.07 Å². The van der Waals surface area contributed by atoms with Crippen LogP contribution in [0.25, 0.3) is 33.9 Å². The van der Waals surface area contributed by atoms with E-state index in [0.29, 0.717) is 39.9 Å². The highest BCUT2D eigenvalue weighted by Crippen LogP contribution is 2.44. The molecule has 0 spiro atoms. The maximum absolute atomic E-state index is 14.4. The number of carbonyl (C=O) groups is 1. The number of hydrogen-bond donors (Lipinski definition) is 1. The molecule has 0 fully saturated rings. The van der Waals surface area contributed by atoms with Gasteiger partial charge in [0.05, 0.1) is 36.7 Å². The van der Waals surface area contributed by atoms with Crippen molar-refractivity contribution in [2.45, 2.75) is 18.9 Å². The molecule has 0 aliphatic rings. The number of alkyl halides is 6. The second kappa shape index (κ2) is 12.0. The van der Waals surface area contributed by atoms with E-state index in [1.54, 1.807) is 60.7 Å². The summed E-state index contributed by atoms with van der Waals surface area (Å²) in [6.45, 7) is -0.0583. The first-order valence-corrected chi connectivity index (χ1v) is 13.4. The minimum absolute atomic E-state index is 0.0583. The number of halogens is 6. The molecular weight excluding hydrogens is 600 g/mol. The molecule has 1 aromatic heterocycles. The van der Waals surface area contributed by atoms with E-state index < -0.39 is 35.0 Å². The zero-order valence-corrected chi connectivity index (χ0v) is 23.8. The van der Waals surface area contributed by atoms with Crippen LogP contribution in [0.15, 0.2) is 91.0 Å². The first kappa shape index (κ1) is 31.2. The zero-order valence-electron chi connectivity index (χ0n) is 23.8. The Kier molecular flexibility index (Phi) is 8.33. The molecule has 232 valence electrons. The molecule has 0 saturated carbocycles. The lowest BCUT2D eigenvalue weighted by molar-refractivity contribution is -0.142. The summed E-state index contributed by atoms with van der Waals surface area (Å²) in [5.41, 5.74) is 4.42.